The van der Waals surface area contributed by atoms with Gasteiger partial charge in [-0.2, -0.15) is 0 Å². The van der Waals surface area contributed by atoms with Crippen molar-refractivity contribution in [3.8, 4) is 23.0 Å². The largest absolute Gasteiger partial charge is 0.493 e. The summed E-state index contributed by atoms with van der Waals surface area (Å²) < 4.78 is 17.7. The number of piperazine rings is 1. The molecule has 30 heavy (non-hydrogen) atoms. The van der Waals surface area contributed by atoms with Gasteiger partial charge in [-0.05, 0) is 37.7 Å². The molecule has 0 saturated carbocycles. The number of ether oxygens (including phenoxy) is 3. The summed E-state index contributed by atoms with van der Waals surface area (Å²) >= 11 is 0. The molecule has 0 bridgehead atoms. The second kappa shape index (κ2) is 9.78. The summed E-state index contributed by atoms with van der Waals surface area (Å²) in [4.78, 5) is 9.37. The number of hydrogen-bond acceptors (Lipinski definition) is 6. The van der Waals surface area contributed by atoms with E-state index in [1.165, 1.54) is 0 Å². The SMILES string of the molecule is COc1cc2c(Oc3ccccc3)ccnc2cc1OCCCN1CCN(C)CC1. The Morgan fingerprint density at radius 3 is 2.50 bits per heavy atom. The van der Waals surface area contributed by atoms with Crippen LogP contribution in [0.25, 0.3) is 10.9 Å². The molecule has 6 heteroatoms. The van der Waals surface area contributed by atoms with Gasteiger partial charge in [-0.15, -0.1) is 0 Å². The molecule has 1 saturated heterocycles. The number of para-hydroxylation sites is 1. The topological polar surface area (TPSA) is 47.1 Å². The minimum atomic E-state index is 0.647. The highest BCUT2D eigenvalue weighted by atomic mass is 16.5. The molecule has 4 rings (SSSR count). The van der Waals surface area contributed by atoms with E-state index in [9.17, 15) is 0 Å². The molecule has 0 aliphatic carbocycles. The fraction of sp³-hybridized carbons (Fsp3) is 0.375. The first-order valence-electron chi connectivity index (χ1n) is 10.5. The standard InChI is InChI=1S/C24H29N3O3/c1-26-12-14-27(15-13-26)11-6-16-29-24-18-21-20(17-23(24)28-2)22(9-10-25-21)30-19-7-4-3-5-8-19/h3-5,7-10,17-18H,6,11-16H2,1-2H3. The summed E-state index contributed by atoms with van der Waals surface area (Å²) in [5.41, 5.74) is 0.818. The van der Waals surface area contributed by atoms with Crippen molar-refractivity contribution in [1.29, 1.82) is 0 Å². The third-order valence-electron chi connectivity index (χ3n) is 5.43. The van der Waals surface area contributed by atoms with Crippen molar-refractivity contribution in [1.82, 2.24) is 14.8 Å². The van der Waals surface area contributed by atoms with Crippen LogP contribution < -0.4 is 14.2 Å². The molecule has 3 aromatic rings. The molecule has 2 aromatic carbocycles. The second-order valence-electron chi connectivity index (χ2n) is 7.59. The Morgan fingerprint density at radius 2 is 1.73 bits per heavy atom. The molecule has 0 N–H and O–H groups in total. The molecule has 6 nitrogen and oxygen atoms in total. The number of likely N-dealkylation sites (N-methyl/N-ethyl adjacent to an activating group) is 1. The molecule has 0 radical (unpaired) electrons. The van der Waals surface area contributed by atoms with Gasteiger partial charge in [0.25, 0.3) is 0 Å². The smallest absolute Gasteiger partial charge is 0.163 e. The van der Waals surface area contributed by atoms with Gasteiger partial charge in [0.15, 0.2) is 11.5 Å². The number of rotatable bonds is 8. The van der Waals surface area contributed by atoms with Crippen molar-refractivity contribution in [2.75, 3.05) is 53.5 Å². The zero-order valence-electron chi connectivity index (χ0n) is 17.7. The Labute approximate surface area is 178 Å². The zero-order chi connectivity index (χ0) is 20.8. The van der Waals surface area contributed by atoms with Crippen LogP contribution in [0.4, 0.5) is 0 Å². The number of fused-ring (bicyclic) bond motifs is 1. The summed E-state index contributed by atoms with van der Waals surface area (Å²) in [5.74, 6) is 2.93. The van der Waals surface area contributed by atoms with Crippen LogP contribution >= 0.6 is 0 Å². The summed E-state index contributed by atoms with van der Waals surface area (Å²) in [6.07, 6.45) is 2.74. The third kappa shape index (κ3) is 5.01. The maximum atomic E-state index is 6.06. The molecule has 0 atom stereocenters. The van der Waals surface area contributed by atoms with Gasteiger partial charge >= 0.3 is 0 Å². The monoisotopic (exact) mass is 407 g/mol. The van der Waals surface area contributed by atoms with Crippen molar-refractivity contribution < 1.29 is 14.2 Å². The fourth-order valence-corrected chi connectivity index (χ4v) is 3.65. The van der Waals surface area contributed by atoms with Gasteiger partial charge in [0.1, 0.15) is 11.5 Å². The molecule has 1 fully saturated rings. The van der Waals surface area contributed by atoms with E-state index in [1.54, 1.807) is 13.3 Å². The van der Waals surface area contributed by atoms with Gasteiger partial charge in [0.2, 0.25) is 0 Å². The van der Waals surface area contributed by atoms with Crippen LogP contribution in [0.2, 0.25) is 0 Å². The molecule has 0 amide bonds. The Bertz CT molecular complexity index is 957. The van der Waals surface area contributed by atoms with E-state index < -0.39 is 0 Å². The van der Waals surface area contributed by atoms with Crippen molar-refractivity contribution in [2.45, 2.75) is 6.42 Å². The van der Waals surface area contributed by atoms with Crippen LogP contribution in [0, 0.1) is 0 Å². The predicted octanol–water partition coefficient (Wildman–Crippen LogP) is 4.05. The van der Waals surface area contributed by atoms with E-state index in [4.69, 9.17) is 14.2 Å². The first-order valence-corrected chi connectivity index (χ1v) is 10.5. The number of aromatic nitrogens is 1. The van der Waals surface area contributed by atoms with E-state index in [-0.39, 0.29) is 0 Å². The molecule has 2 heterocycles. The van der Waals surface area contributed by atoms with Gasteiger partial charge in [0, 0.05) is 50.4 Å². The van der Waals surface area contributed by atoms with Crippen molar-refractivity contribution in [3.05, 3.63) is 54.7 Å². The molecule has 158 valence electrons. The first kappa shape index (κ1) is 20.4. The number of methoxy groups -OCH3 is 1. The molecular weight excluding hydrogens is 378 g/mol. The quantitative estimate of drug-likeness (QED) is 0.525. The Balaban J connectivity index is 1.43. The fourth-order valence-electron chi connectivity index (χ4n) is 3.65. The maximum absolute atomic E-state index is 6.06. The van der Waals surface area contributed by atoms with Gasteiger partial charge < -0.3 is 24.0 Å². The Morgan fingerprint density at radius 1 is 0.933 bits per heavy atom. The first-order chi connectivity index (χ1) is 14.7. The van der Waals surface area contributed by atoms with Crippen molar-refractivity contribution >= 4 is 10.9 Å². The van der Waals surface area contributed by atoms with Gasteiger partial charge in [-0.1, -0.05) is 18.2 Å². The van der Waals surface area contributed by atoms with E-state index in [1.807, 2.05) is 48.5 Å². The van der Waals surface area contributed by atoms with E-state index >= 15 is 0 Å². The lowest BCUT2D eigenvalue weighted by atomic mass is 10.1. The van der Waals surface area contributed by atoms with E-state index in [2.05, 4.69) is 21.8 Å². The third-order valence-corrected chi connectivity index (χ3v) is 5.43. The summed E-state index contributed by atoms with van der Waals surface area (Å²) in [7, 11) is 3.84. The van der Waals surface area contributed by atoms with Crippen LogP contribution in [0.1, 0.15) is 6.42 Å². The summed E-state index contributed by atoms with van der Waals surface area (Å²) in [5, 5.41) is 0.892. The summed E-state index contributed by atoms with van der Waals surface area (Å²) in [6.45, 7) is 6.23. The lowest BCUT2D eigenvalue weighted by Gasteiger charge is -2.32. The van der Waals surface area contributed by atoms with Crippen LogP contribution in [0.5, 0.6) is 23.0 Å². The van der Waals surface area contributed by atoms with Gasteiger partial charge in [-0.25, -0.2) is 0 Å². The minimum absolute atomic E-state index is 0.647. The maximum Gasteiger partial charge on any atom is 0.163 e. The van der Waals surface area contributed by atoms with Crippen LogP contribution in [0.15, 0.2) is 54.7 Å². The number of pyridine rings is 1. The number of hydrogen-bond donors (Lipinski definition) is 0. The molecule has 1 aromatic heterocycles. The molecular formula is C24H29N3O3. The van der Waals surface area contributed by atoms with Crippen LogP contribution in [-0.4, -0.2) is 68.3 Å². The normalized spacial score (nSPS) is 15.3. The van der Waals surface area contributed by atoms with Gasteiger partial charge in [-0.3, -0.25) is 4.98 Å². The Hall–Kier alpha value is -2.83. The number of nitrogens with zero attached hydrogens (tertiary/aromatic N) is 3. The average Bonchev–Trinajstić information content (AvgIpc) is 2.78. The Kier molecular flexibility index (Phi) is 6.67. The molecule has 0 unspecified atom stereocenters. The van der Waals surface area contributed by atoms with Gasteiger partial charge in [0.05, 0.1) is 19.2 Å². The van der Waals surface area contributed by atoms with E-state index in [0.717, 1.165) is 61.5 Å². The van der Waals surface area contributed by atoms with Crippen LogP contribution in [0.3, 0.4) is 0 Å². The second-order valence-corrected chi connectivity index (χ2v) is 7.59. The highest BCUT2D eigenvalue weighted by Crippen LogP contribution is 2.37. The number of benzene rings is 2. The predicted molar refractivity (Wildman–Crippen MR) is 119 cm³/mol. The van der Waals surface area contributed by atoms with E-state index in [0.29, 0.717) is 18.1 Å². The average molecular weight is 408 g/mol. The molecule has 0 spiro atoms. The lowest BCUT2D eigenvalue weighted by Crippen LogP contribution is -2.44. The molecule has 1 aliphatic rings. The van der Waals surface area contributed by atoms with Crippen molar-refractivity contribution in [3.63, 3.8) is 0 Å². The highest BCUT2D eigenvalue weighted by Gasteiger charge is 2.14. The van der Waals surface area contributed by atoms with Crippen molar-refractivity contribution in [2.24, 2.45) is 0 Å². The van der Waals surface area contributed by atoms with Crippen LogP contribution in [-0.2, 0) is 0 Å². The summed E-state index contributed by atoms with van der Waals surface area (Å²) in [6, 6.07) is 15.5. The zero-order valence-corrected chi connectivity index (χ0v) is 17.7. The lowest BCUT2D eigenvalue weighted by molar-refractivity contribution is 0.145. The highest BCUT2D eigenvalue weighted by molar-refractivity contribution is 5.88. The molecule has 1 aliphatic heterocycles. The minimum Gasteiger partial charge on any atom is -0.493 e.